The number of nitrogens with zero attached hydrogens (tertiary/aromatic N) is 12. The summed E-state index contributed by atoms with van der Waals surface area (Å²) in [6.07, 6.45) is 7.15. The summed E-state index contributed by atoms with van der Waals surface area (Å²) in [7, 11) is 0. The Morgan fingerprint density at radius 3 is 0.703 bits per heavy atom. The molecule has 0 aliphatic carbocycles. The summed E-state index contributed by atoms with van der Waals surface area (Å²) in [4.78, 5) is 6.71. The second kappa shape index (κ2) is 16.7. The van der Waals surface area contributed by atoms with Gasteiger partial charge in [-0.3, -0.25) is 0 Å². The molecule has 0 aliphatic heterocycles. The third-order valence-electron chi connectivity index (χ3n) is 10.8. The summed E-state index contributed by atoms with van der Waals surface area (Å²) in [5.74, 6) is 0. The zero-order chi connectivity index (χ0) is 42.7. The molecule has 0 spiro atoms. The molecule has 0 N–H and O–H groups in total. The molecule has 0 saturated heterocycles. The van der Waals surface area contributed by atoms with Crippen LogP contribution in [0.15, 0.2) is 219 Å². The Hall–Kier alpha value is -9.16. The number of hydrogen-bond acceptors (Lipinski definition) is 8. The topological polar surface area (TPSA) is 123 Å². The van der Waals surface area contributed by atoms with E-state index in [1.807, 2.05) is 170 Å². The first-order valence-corrected chi connectivity index (χ1v) is 20.7. The van der Waals surface area contributed by atoms with Gasteiger partial charge in [0.25, 0.3) is 0 Å². The molecular weight excluding hydrogens is 793 g/mol. The molecule has 0 aliphatic rings. The number of rotatable bonds is 8. The van der Waals surface area contributed by atoms with Gasteiger partial charge in [0.15, 0.2) is 0 Å². The maximum Gasteiger partial charge on any atom is 0.113 e. The van der Waals surface area contributed by atoms with Gasteiger partial charge in [0, 0.05) is 33.0 Å². The second-order valence-corrected chi connectivity index (χ2v) is 14.8. The van der Waals surface area contributed by atoms with E-state index in [4.69, 9.17) is 20.4 Å². The SMILES string of the molecule is c1ccc(-c2cnn(-c3cccc4cccc(-n5ncc(-c6ccccc6)n5)c34)n2)cc1.c1ccc(-c2cnn(-c3cccc4cccc(-n5ncc(-c6ccccc6)n5)c34)n2)cc1. The summed E-state index contributed by atoms with van der Waals surface area (Å²) in [6, 6.07) is 64.6. The van der Waals surface area contributed by atoms with Crippen LogP contribution in [0.25, 0.3) is 89.3 Å². The van der Waals surface area contributed by atoms with E-state index in [1.165, 1.54) is 0 Å². The van der Waals surface area contributed by atoms with E-state index in [0.29, 0.717) is 0 Å². The quantitative estimate of drug-likeness (QED) is 0.148. The minimum atomic E-state index is 0.823. The van der Waals surface area contributed by atoms with Crippen LogP contribution in [0.2, 0.25) is 0 Å². The predicted octanol–water partition coefficient (Wildman–Crippen LogP) is 10.7. The highest BCUT2D eigenvalue weighted by molar-refractivity contribution is 5.97. The van der Waals surface area contributed by atoms with Gasteiger partial charge in [-0.05, 0) is 35.0 Å². The van der Waals surface area contributed by atoms with E-state index in [1.54, 1.807) is 44.0 Å². The first kappa shape index (κ1) is 37.8. The maximum absolute atomic E-state index is 4.74. The fourth-order valence-electron chi connectivity index (χ4n) is 7.75. The molecule has 0 unspecified atom stereocenters. The molecular formula is C52H36N12. The zero-order valence-electron chi connectivity index (χ0n) is 34.2. The summed E-state index contributed by atoms with van der Waals surface area (Å²) in [5.41, 5.74) is 10.9. The molecule has 12 aromatic rings. The molecule has 0 amide bonds. The van der Waals surface area contributed by atoms with Crippen LogP contribution in [0.3, 0.4) is 0 Å². The Kier molecular flexibility index (Phi) is 9.87. The minimum absolute atomic E-state index is 0.823. The van der Waals surface area contributed by atoms with Crippen LogP contribution in [0.4, 0.5) is 0 Å². The Morgan fingerprint density at radius 2 is 0.469 bits per heavy atom. The van der Waals surface area contributed by atoms with Crippen molar-refractivity contribution in [2.75, 3.05) is 0 Å². The van der Waals surface area contributed by atoms with Crippen molar-refractivity contribution in [3.05, 3.63) is 219 Å². The van der Waals surface area contributed by atoms with Crippen LogP contribution in [0, 0.1) is 0 Å². The van der Waals surface area contributed by atoms with Gasteiger partial charge < -0.3 is 0 Å². The Balaban J connectivity index is 0.000000143. The van der Waals surface area contributed by atoms with E-state index >= 15 is 0 Å². The average Bonchev–Trinajstić information content (AvgIpc) is 4.23. The van der Waals surface area contributed by atoms with Gasteiger partial charge in [0.2, 0.25) is 0 Å². The van der Waals surface area contributed by atoms with Crippen molar-refractivity contribution in [2.24, 2.45) is 0 Å². The van der Waals surface area contributed by atoms with Crippen molar-refractivity contribution < 1.29 is 0 Å². The number of benzene rings is 8. The Bertz CT molecular complexity index is 3040. The second-order valence-electron chi connectivity index (χ2n) is 14.8. The molecule has 0 saturated carbocycles. The lowest BCUT2D eigenvalue weighted by Crippen LogP contribution is -2.05. The van der Waals surface area contributed by atoms with Gasteiger partial charge in [-0.15, -0.1) is 20.4 Å². The van der Waals surface area contributed by atoms with Crippen LogP contribution in [0.5, 0.6) is 0 Å². The van der Waals surface area contributed by atoms with Crippen LogP contribution in [0.1, 0.15) is 0 Å². The highest BCUT2D eigenvalue weighted by Gasteiger charge is 2.17. The molecule has 12 rings (SSSR count). The van der Waals surface area contributed by atoms with Gasteiger partial charge in [-0.25, -0.2) is 0 Å². The zero-order valence-corrected chi connectivity index (χ0v) is 34.2. The molecule has 12 heteroatoms. The lowest BCUT2D eigenvalue weighted by atomic mass is 10.1. The molecule has 4 aromatic heterocycles. The van der Waals surface area contributed by atoms with Gasteiger partial charge >= 0.3 is 0 Å². The molecule has 0 bridgehead atoms. The predicted molar refractivity (Wildman–Crippen MR) is 249 cm³/mol. The van der Waals surface area contributed by atoms with Crippen LogP contribution < -0.4 is 0 Å². The Morgan fingerprint density at radius 1 is 0.234 bits per heavy atom. The third kappa shape index (κ3) is 7.37. The lowest BCUT2D eigenvalue weighted by Gasteiger charge is -2.10. The minimum Gasteiger partial charge on any atom is -0.156 e. The van der Waals surface area contributed by atoms with Crippen molar-refractivity contribution >= 4 is 21.5 Å². The highest BCUT2D eigenvalue weighted by Crippen LogP contribution is 2.31. The van der Waals surface area contributed by atoms with Crippen molar-refractivity contribution in [1.82, 2.24) is 60.0 Å². The van der Waals surface area contributed by atoms with Gasteiger partial charge in [0.05, 0.1) is 47.5 Å². The van der Waals surface area contributed by atoms with Crippen molar-refractivity contribution in [3.8, 4) is 67.8 Å². The molecule has 0 radical (unpaired) electrons. The van der Waals surface area contributed by atoms with Crippen LogP contribution >= 0.6 is 0 Å². The fraction of sp³-hybridized carbons (Fsp3) is 0. The van der Waals surface area contributed by atoms with Gasteiger partial charge in [-0.2, -0.15) is 39.6 Å². The normalized spacial score (nSPS) is 11.1. The number of hydrogen-bond donors (Lipinski definition) is 0. The summed E-state index contributed by atoms with van der Waals surface area (Å²) >= 11 is 0. The standard InChI is InChI=1S/2C26H18N6/c2*1-3-9-19(10-4-1)22-17-27-31(29-22)24-15-7-13-21-14-8-16-25(26(21)24)32-28-18-23(30-32)20-11-5-2-6-12-20/h2*1-18H. The van der Waals surface area contributed by atoms with E-state index in [0.717, 1.165) is 89.3 Å². The van der Waals surface area contributed by atoms with Crippen molar-refractivity contribution in [1.29, 1.82) is 0 Å². The molecule has 0 fully saturated rings. The van der Waals surface area contributed by atoms with Crippen molar-refractivity contribution in [3.63, 3.8) is 0 Å². The highest BCUT2D eigenvalue weighted by atomic mass is 15.5. The average molecular weight is 829 g/mol. The number of aromatic nitrogens is 12. The lowest BCUT2D eigenvalue weighted by molar-refractivity contribution is 0.746. The van der Waals surface area contributed by atoms with Crippen LogP contribution in [-0.4, -0.2) is 60.0 Å². The van der Waals surface area contributed by atoms with Crippen LogP contribution in [-0.2, 0) is 0 Å². The van der Waals surface area contributed by atoms with E-state index in [9.17, 15) is 0 Å². The largest absolute Gasteiger partial charge is 0.156 e. The third-order valence-corrected chi connectivity index (χ3v) is 10.8. The van der Waals surface area contributed by atoms with E-state index in [2.05, 4.69) is 44.7 Å². The molecule has 304 valence electrons. The smallest absolute Gasteiger partial charge is 0.113 e. The first-order valence-electron chi connectivity index (χ1n) is 20.7. The number of fused-ring (bicyclic) bond motifs is 2. The van der Waals surface area contributed by atoms with Crippen molar-refractivity contribution in [2.45, 2.75) is 0 Å². The maximum atomic E-state index is 4.74. The summed E-state index contributed by atoms with van der Waals surface area (Å²) in [6.45, 7) is 0. The van der Waals surface area contributed by atoms with Gasteiger partial charge in [0.1, 0.15) is 22.8 Å². The summed E-state index contributed by atoms with van der Waals surface area (Å²) < 4.78 is 0. The van der Waals surface area contributed by atoms with Gasteiger partial charge in [-0.1, -0.05) is 170 Å². The fourth-order valence-corrected chi connectivity index (χ4v) is 7.75. The van der Waals surface area contributed by atoms with E-state index < -0.39 is 0 Å². The van der Waals surface area contributed by atoms with E-state index in [-0.39, 0.29) is 0 Å². The molecule has 4 heterocycles. The first-order chi connectivity index (χ1) is 31.7. The molecule has 12 nitrogen and oxygen atoms in total. The molecule has 8 aromatic carbocycles. The summed E-state index contributed by atoms with van der Waals surface area (Å²) in [5, 5.41) is 41.3. The molecule has 64 heavy (non-hydrogen) atoms. The Labute approximate surface area is 366 Å². The molecule has 0 atom stereocenters. The monoisotopic (exact) mass is 828 g/mol.